The third-order valence-corrected chi connectivity index (χ3v) is 7.07. The molecule has 2 unspecified atom stereocenters. The molecule has 5 atom stereocenters. The van der Waals surface area contributed by atoms with Crippen molar-refractivity contribution in [3.8, 4) is 0 Å². The molecule has 0 aromatic carbocycles. The van der Waals surface area contributed by atoms with Crippen LogP contribution in [0.5, 0.6) is 0 Å². The minimum Gasteiger partial charge on any atom is -0.480 e. The molecule has 1 saturated heterocycles. The molecule has 6 amide bonds. The molecular weight excluding hydrogens is 578 g/mol. The van der Waals surface area contributed by atoms with Crippen LogP contribution in [0.15, 0.2) is 0 Å². The van der Waals surface area contributed by atoms with Gasteiger partial charge < -0.3 is 54.6 Å². The van der Waals surface area contributed by atoms with Gasteiger partial charge in [0.25, 0.3) is 0 Å². The Morgan fingerprint density at radius 1 is 0.727 bits per heavy atom. The molecule has 0 aliphatic carbocycles. The number of nitrogens with two attached hydrogens (primary N) is 4. The van der Waals surface area contributed by atoms with Crippen LogP contribution < -0.4 is 49.5 Å². The molecule has 1 heterocycles. The molecule has 17 nitrogen and oxygen atoms in total. The molecule has 1 rings (SSSR count). The molecular formula is C27H49N9O8. The number of hydrogen-bond donors (Lipinski definition) is 10. The Labute approximate surface area is 256 Å². The summed E-state index contributed by atoms with van der Waals surface area (Å²) in [4.78, 5) is 88.4. The topological polar surface area (TPSA) is 304 Å². The van der Waals surface area contributed by atoms with E-state index in [9.17, 15) is 38.7 Å². The number of nitrogens with one attached hydrogen (secondary N) is 5. The lowest BCUT2D eigenvalue weighted by Gasteiger charge is -2.26. The number of amides is 6. The highest BCUT2D eigenvalue weighted by molar-refractivity contribution is 5.97. The minimum absolute atomic E-state index is 0.107. The molecule has 14 N–H and O–H groups in total. The monoisotopic (exact) mass is 627 g/mol. The van der Waals surface area contributed by atoms with Crippen LogP contribution in [0.2, 0.25) is 0 Å². The lowest BCUT2D eigenvalue weighted by atomic mass is 10.0. The largest absolute Gasteiger partial charge is 0.480 e. The zero-order valence-electron chi connectivity index (χ0n) is 25.1. The predicted molar refractivity (Wildman–Crippen MR) is 159 cm³/mol. The molecule has 0 radical (unpaired) electrons. The average Bonchev–Trinajstić information content (AvgIpc) is 2.96. The van der Waals surface area contributed by atoms with Crippen LogP contribution in [0.3, 0.4) is 0 Å². The van der Waals surface area contributed by atoms with Gasteiger partial charge in [0.15, 0.2) is 0 Å². The molecule has 44 heavy (non-hydrogen) atoms. The predicted octanol–water partition coefficient (Wildman–Crippen LogP) is -3.45. The maximum atomic E-state index is 13.4. The highest BCUT2D eigenvalue weighted by Crippen LogP contribution is 2.09. The van der Waals surface area contributed by atoms with Crippen LogP contribution in [0, 0.1) is 0 Å². The van der Waals surface area contributed by atoms with Crippen LogP contribution in [0.4, 0.5) is 0 Å². The van der Waals surface area contributed by atoms with Crippen LogP contribution in [0.25, 0.3) is 0 Å². The van der Waals surface area contributed by atoms with Gasteiger partial charge in [-0.3, -0.25) is 28.8 Å². The SMILES string of the molecule is NCCCCC1NC(=O)C(CCCCN)NC(=O)[C@@H](N)CCCCNC(=O)CC[C@@H](C(=O)O)NC(=O)[C@H](CC(N)=O)NC1=O. The number of primary amides is 1. The summed E-state index contributed by atoms with van der Waals surface area (Å²) < 4.78 is 0. The maximum Gasteiger partial charge on any atom is 0.326 e. The van der Waals surface area contributed by atoms with Crippen molar-refractivity contribution in [1.82, 2.24) is 26.6 Å². The Morgan fingerprint density at radius 2 is 1.25 bits per heavy atom. The summed E-state index contributed by atoms with van der Waals surface area (Å²) in [5.41, 5.74) is 22.5. The molecule has 0 saturated carbocycles. The number of carboxylic acids is 1. The van der Waals surface area contributed by atoms with E-state index in [0.717, 1.165) is 0 Å². The van der Waals surface area contributed by atoms with Crippen molar-refractivity contribution in [2.45, 2.75) is 107 Å². The molecule has 0 aromatic rings. The van der Waals surface area contributed by atoms with Crippen LogP contribution in [-0.4, -0.2) is 96.4 Å². The van der Waals surface area contributed by atoms with Gasteiger partial charge in [0.1, 0.15) is 24.2 Å². The van der Waals surface area contributed by atoms with Gasteiger partial charge in [0.2, 0.25) is 35.4 Å². The van der Waals surface area contributed by atoms with E-state index >= 15 is 0 Å². The number of carbonyl (C=O) groups is 7. The summed E-state index contributed by atoms with van der Waals surface area (Å²) in [7, 11) is 0. The number of carboxylic acid groups (broad SMARTS) is 1. The Bertz CT molecular complexity index is 996. The van der Waals surface area contributed by atoms with Gasteiger partial charge in [0.05, 0.1) is 12.5 Å². The Kier molecular flexibility index (Phi) is 18.2. The molecule has 0 aromatic heterocycles. The third-order valence-electron chi connectivity index (χ3n) is 7.07. The van der Waals surface area contributed by atoms with Gasteiger partial charge in [-0.05, 0) is 77.3 Å². The van der Waals surface area contributed by atoms with Gasteiger partial charge in [-0.2, -0.15) is 0 Å². The van der Waals surface area contributed by atoms with E-state index in [1.165, 1.54) is 0 Å². The lowest BCUT2D eigenvalue weighted by Crippen LogP contribution is -2.59. The van der Waals surface area contributed by atoms with Crippen LogP contribution >= 0.6 is 0 Å². The summed E-state index contributed by atoms with van der Waals surface area (Å²) in [6.45, 7) is 0.938. The molecule has 1 aliphatic heterocycles. The average molecular weight is 628 g/mol. The number of rotatable bonds is 11. The second-order valence-electron chi connectivity index (χ2n) is 10.8. The molecule has 0 bridgehead atoms. The van der Waals surface area contributed by atoms with Crippen molar-refractivity contribution in [3.05, 3.63) is 0 Å². The second-order valence-corrected chi connectivity index (χ2v) is 10.8. The summed E-state index contributed by atoms with van der Waals surface area (Å²) in [6.07, 6.45) is 2.43. The number of carbonyl (C=O) groups excluding carboxylic acids is 6. The van der Waals surface area contributed by atoms with Crippen molar-refractivity contribution in [3.63, 3.8) is 0 Å². The summed E-state index contributed by atoms with van der Waals surface area (Å²) >= 11 is 0. The molecule has 1 aliphatic rings. The molecule has 250 valence electrons. The van der Waals surface area contributed by atoms with Crippen LogP contribution in [0.1, 0.15) is 77.0 Å². The standard InChI is InChI=1S/C27H49N9O8/c28-12-4-1-8-17-24(40)34-18(9-2-5-13-29)25(41)36-20(15-21(31)37)26(42)35-19(27(43)44)10-11-22(38)32-14-6-3-7-16(30)23(39)33-17/h16-20H,1-15,28-30H2,(H2,31,37)(H,32,38)(H,33,39)(H,34,40)(H,35,42)(H,36,41)(H,43,44)/t16-,17?,18?,19-,20-/m0/s1. The van der Waals surface area contributed by atoms with Crippen molar-refractivity contribution in [1.29, 1.82) is 0 Å². The quantitative estimate of drug-likeness (QED) is 0.100. The first-order valence-corrected chi connectivity index (χ1v) is 15.0. The molecule has 0 spiro atoms. The first-order chi connectivity index (χ1) is 20.9. The zero-order valence-corrected chi connectivity index (χ0v) is 25.1. The van der Waals surface area contributed by atoms with E-state index in [1.807, 2.05) is 0 Å². The van der Waals surface area contributed by atoms with E-state index in [-0.39, 0.29) is 38.6 Å². The number of hydrogen-bond acceptors (Lipinski definition) is 10. The highest BCUT2D eigenvalue weighted by atomic mass is 16.4. The fourth-order valence-electron chi connectivity index (χ4n) is 4.50. The van der Waals surface area contributed by atoms with Gasteiger partial charge in [-0.15, -0.1) is 0 Å². The summed E-state index contributed by atoms with van der Waals surface area (Å²) in [6, 6.07) is -6.25. The van der Waals surface area contributed by atoms with Gasteiger partial charge >= 0.3 is 5.97 Å². The highest BCUT2D eigenvalue weighted by Gasteiger charge is 2.32. The Hall–Kier alpha value is -3.83. The first kappa shape index (κ1) is 38.2. The summed E-state index contributed by atoms with van der Waals surface area (Å²) in [5.74, 6) is -5.90. The van der Waals surface area contributed by atoms with Crippen molar-refractivity contribution in [2.75, 3.05) is 19.6 Å². The Morgan fingerprint density at radius 3 is 1.77 bits per heavy atom. The summed E-state index contributed by atoms with van der Waals surface area (Å²) in [5, 5.41) is 22.2. The van der Waals surface area contributed by atoms with Gasteiger partial charge in [-0.1, -0.05) is 0 Å². The Balaban J connectivity index is 3.35. The van der Waals surface area contributed by atoms with E-state index in [1.54, 1.807) is 0 Å². The fourth-order valence-corrected chi connectivity index (χ4v) is 4.50. The van der Waals surface area contributed by atoms with Crippen molar-refractivity contribution < 1.29 is 38.7 Å². The second kappa shape index (κ2) is 21.0. The van der Waals surface area contributed by atoms with E-state index in [0.29, 0.717) is 51.6 Å². The normalized spacial score (nSPS) is 25.3. The first-order valence-electron chi connectivity index (χ1n) is 15.0. The van der Waals surface area contributed by atoms with E-state index in [2.05, 4.69) is 26.6 Å². The molecule has 17 heteroatoms. The smallest absolute Gasteiger partial charge is 0.326 e. The van der Waals surface area contributed by atoms with Crippen molar-refractivity contribution in [2.24, 2.45) is 22.9 Å². The lowest BCUT2D eigenvalue weighted by molar-refractivity contribution is -0.142. The number of aliphatic carboxylic acids is 1. The van der Waals surface area contributed by atoms with E-state index in [4.69, 9.17) is 22.9 Å². The fraction of sp³-hybridized carbons (Fsp3) is 0.741. The van der Waals surface area contributed by atoms with Crippen LogP contribution in [-0.2, 0) is 33.6 Å². The van der Waals surface area contributed by atoms with E-state index < -0.39 is 78.0 Å². The maximum absolute atomic E-state index is 13.4. The van der Waals surface area contributed by atoms with Gasteiger partial charge in [-0.25, -0.2) is 4.79 Å². The number of unbranched alkanes of at least 4 members (excludes halogenated alkanes) is 2. The zero-order chi connectivity index (χ0) is 33.1. The van der Waals surface area contributed by atoms with Gasteiger partial charge in [0, 0.05) is 13.0 Å². The minimum atomic E-state index is -1.57. The van der Waals surface area contributed by atoms with Crippen molar-refractivity contribution >= 4 is 41.4 Å². The molecule has 1 fully saturated rings. The third kappa shape index (κ3) is 15.1.